The van der Waals surface area contributed by atoms with Gasteiger partial charge in [-0.2, -0.15) is 0 Å². The molecule has 0 aliphatic carbocycles. The van der Waals surface area contributed by atoms with Gasteiger partial charge < -0.3 is 12.3 Å². The molecule has 0 radical (unpaired) electrons. The molecule has 0 amide bonds. The van der Waals surface area contributed by atoms with Crippen molar-refractivity contribution in [1.29, 1.82) is 0 Å². The Bertz CT molecular complexity index is 32.7. The summed E-state index contributed by atoms with van der Waals surface area (Å²) < 4.78 is 0. The van der Waals surface area contributed by atoms with Crippen LogP contribution < -0.4 is 12.3 Å². The van der Waals surface area contributed by atoms with E-state index < -0.39 is 0 Å². The third kappa shape index (κ3) is 37100. The molecule has 0 aliphatic rings. The Kier molecular flexibility index (Phi) is 67.7. The van der Waals surface area contributed by atoms with Crippen LogP contribution in [0.4, 0.5) is 0 Å². The molecule has 6 N–H and O–H groups in total. The zero-order valence-corrected chi connectivity index (χ0v) is 5.85. The number of hydrogen-bond donors (Lipinski definition) is 2. The molecule has 0 rings (SSSR count). The van der Waals surface area contributed by atoms with Crippen LogP contribution in [0.2, 0.25) is 0 Å². The molecule has 0 saturated carbocycles. The molecule has 0 unspecified atom stereocenters. The lowest BCUT2D eigenvalue weighted by molar-refractivity contribution is 1.42. The van der Waals surface area contributed by atoms with E-state index >= 15 is 0 Å². The van der Waals surface area contributed by atoms with Gasteiger partial charge >= 0.3 is 0 Å². The highest BCUT2D eigenvalue weighted by molar-refractivity contribution is 5.85. The molecule has 0 atom stereocenters. The van der Waals surface area contributed by atoms with Crippen LogP contribution in [0.3, 0.4) is 0 Å². The topological polar surface area (TPSA) is 70.0 Å². The summed E-state index contributed by atoms with van der Waals surface area (Å²) in [6, 6.07) is 0. The Hall–Kier alpha value is -0.0500. The molecule has 0 aromatic heterocycles. The van der Waals surface area contributed by atoms with Crippen LogP contribution >= 0.6 is 12.4 Å². The van der Waals surface area contributed by atoms with E-state index in [1.165, 1.54) is 5.57 Å². The number of hydrogen-bond acceptors (Lipinski definition) is 2. The van der Waals surface area contributed by atoms with Gasteiger partial charge in [0.15, 0.2) is 0 Å². The minimum absolute atomic E-state index is 0. The second kappa shape index (κ2) is 16.8. The van der Waals surface area contributed by atoms with Crippen LogP contribution in [0.15, 0.2) is 12.2 Å². The zero-order valence-electron chi connectivity index (χ0n) is 5.03. The highest BCUT2D eigenvalue weighted by Gasteiger charge is 1.51. The van der Waals surface area contributed by atoms with Crippen LogP contribution in [0.25, 0.3) is 0 Å². The number of rotatable bonds is 0. The normalized spacial score (nSPS) is 3.71. The van der Waals surface area contributed by atoms with Gasteiger partial charge in [-0.05, 0) is 13.8 Å². The quantitative estimate of drug-likeness (QED) is 0.489. The van der Waals surface area contributed by atoms with E-state index in [9.17, 15) is 0 Å². The fraction of sp³-hybridized carbons (Fsp3) is 0.500. The maximum Gasteiger partial charge on any atom is -0.0445 e. The largest absolute Gasteiger partial charge is 0.344 e. The lowest BCUT2D eigenvalue weighted by Gasteiger charge is -1.65. The maximum atomic E-state index is 3.56. The highest BCUT2D eigenvalue weighted by Crippen LogP contribution is 1.73. The molecule has 2 nitrogen and oxygen atoms in total. The Morgan fingerprint density at radius 2 is 1.14 bits per heavy atom. The summed E-state index contributed by atoms with van der Waals surface area (Å²) in [6.45, 7) is 7.50. The van der Waals surface area contributed by atoms with E-state index in [1.54, 1.807) is 0 Å². The highest BCUT2D eigenvalue weighted by atomic mass is 35.5. The minimum Gasteiger partial charge on any atom is -0.344 e. The molecule has 48 valence electrons. The summed E-state index contributed by atoms with van der Waals surface area (Å²) in [5.74, 6) is 0. The number of allylic oxidation sites excluding steroid dienone is 1. The first-order chi connectivity index (χ1) is 1.73. The summed E-state index contributed by atoms with van der Waals surface area (Å²) in [5, 5.41) is 0. The van der Waals surface area contributed by atoms with Gasteiger partial charge in [0, 0.05) is 0 Å². The summed E-state index contributed by atoms with van der Waals surface area (Å²) >= 11 is 0. The van der Waals surface area contributed by atoms with E-state index in [0.717, 1.165) is 0 Å². The Morgan fingerprint density at radius 1 is 1.14 bits per heavy atom. The molecule has 0 saturated heterocycles. The average molecular weight is 127 g/mol. The first-order valence-electron chi connectivity index (χ1n) is 1.35. The lowest BCUT2D eigenvalue weighted by atomic mass is 10.4. The van der Waals surface area contributed by atoms with Crippen molar-refractivity contribution in [2.45, 2.75) is 13.8 Å². The van der Waals surface area contributed by atoms with Gasteiger partial charge in [0.1, 0.15) is 0 Å². The number of halogens is 1. The molecule has 7 heavy (non-hydrogen) atoms. The third-order valence-corrected chi connectivity index (χ3v) is 0. The molecular weight excluding hydrogens is 112 g/mol. The molecule has 3 heteroatoms. The molecule has 0 aromatic rings. The van der Waals surface area contributed by atoms with E-state index in [1.807, 2.05) is 13.8 Å². The molecule has 0 aromatic carbocycles. The van der Waals surface area contributed by atoms with Crippen molar-refractivity contribution in [3.05, 3.63) is 12.2 Å². The molecular formula is C4H15ClN2. The van der Waals surface area contributed by atoms with Crippen molar-refractivity contribution in [2.75, 3.05) is 0 Å². The van der Waals surface area contributed by atoms with Gasteiger partial charge in [0.05, 0.1) is 0 Å². The van der Waals surface area contributed by atoms with E-state index in [2.05, 4.69) is 6.58 Å². The van der Waals surface area contributed by atoms with Crippen molar-refractivity contribution in [2.24, 2.45) is 0 Å². The first kappa shape index (κ1) is 28.3. The molecule has 0 heterocycles. The standard InChI is InChI=1S/C4H8.ClH.2H3N/c1-4(2)3;;;/h1H2,2-3H3;1H;2*1H3. The Morgan fingerprint density at radius 3 is 1.14 bits per heavy atom. The van der Waals surface area contributed by atoms with Crippen LogP contribution in [0.1, 0.15) is 13.8 Å². The van der Waals surface area contributed by atoms with Gasteiger partial charge in [0.2, 0.25) is 0 Å². The summed E-state index contributed by atoms with van der Waals surface area (Å²) in [5.41, 5.74) is 1.17. The molecule has 0 spiro atoms. The molecule has 0 aliphatic heterocycles. The fourth-order valence-corrected chi connectivity index (χ4v) is 0. The van der Waals surface area contributed by atoms with Gasteiger partial charge in [0.25, 0.3) is 0 Å². The predicted molar refractivity (Wildman–Crippen MR) is 37.8 cm³/mol. The Balaban J connectivity index is -0.0000000150. The predicted octanol–water partition coefficient (Wildman–Crippen LogP) is 2.33. The van der Waals surface area contributed by atoms with E-state index in [0.29, 0.717) is 0 Å². The van der Waals surface area contributed by atoms with Gasteiger partial charge in [-0.3, -0.25) is 0 Å². The second-order valence-electron chi connectivity index (χ2n) is 1.21. The minimum atomic E-state index is 0. The van der Waals surface area contributed by atoms with E-state index in [4.69, 9.17) is 0 Å². The van der Waals surface area contributed by atoms with Gasteiger partial charge in [-0.15, -0.1) is 19.0 Å². The van der Waals surface area contributed by atoms with Crippen LogP contribution in [-0.4, -0.2) is 0 Å². The molecule has 0 bridgehead atoms. The van der Waals surface area contributed by atoms with Crippen molar-refractivity contribution < 1.29 is 0 Å². The summed E-state index contributed by atoms with van der Waals surface area (Å²) in [6.07, 6.45) is 0. The van der Waals surface area contributed by atoms with Crippen LogP contribution in [0.5, 0.6) is 0 Å². The van der Waals surface area contributed by atoms with Gasteiger partial charge in [-0.25, -0.2) is 0 Å². The molecule has 0 fully saturated rings. The Labute approximate surface area is 51.6 Å². The SMILES string of the molecule is C=C(C)C.Cl.N.N. The van der Waals surface area contributed by atoms with Crippen LogP contribution in [-0.2, 0) is 0 Å². The smallest absolute Gasteiger partial charge is 0.0445 e. The van der Waals surface area contributed by atoms with Crippen molar-refractivity contribution in [1.82, 2.24) is 12.3 Å². The van der Waals surface area contributed by atoms with Gasteiger partial charge in [-0.1, -0.05) is 5.57 Å². The zero-order chi connectivity index (χ0) is 3.58. The second-order valence-corrected chi connectivity index (χ2v) is 1.21. The van der Waals surface area contributed by atoms with Crippen LogP contribution in [0, 0.1) is 0 Å². The van der Waals surface area contributed by atoms with Crippen molar-refractivity contribution in [3.63, 3.8) is 0 Å². The fourth-order valence-electron chi connectivity index (χ4n) is 0. The van der Waals surface area contributed by atoms with Crippen molar-refractivity contribution >= 4 is 12.4 Å². The third-order valence-electron chi connectivity index (χ3n) is 0. The summed E-state index contributed by atoms with van der Waals surface area (Å²) in [7, 11) is 0. The first-order valence-corrected chi connectivity index (χ1v) is 1.35. The summed E-state index contributed by atoms with van der Waals surface area (Å²) in [4.78, 5) is 0. The average Bonchev–Trinajstić information content (AvgIpc) is 0.811. The lowest BCUT2D eigenvalue weighted by Crippen LogP contribution is -1.43. The monoisotopic (exact) mass is 126 g/mol. The van der Waals surface area contributed by atoms with Crippen molar-refractivity contribution in [3.8, 4) is 0 Å². The van der Waals surface area contributed by atoms with E-state index in [-0.39, 0.29) is 24.7 Å². The maximum absolute atomic E-state index is 3.56.